The first-order chi connectivity index (χ1) is 9.58. The third-order valence-corrected chi connectivity index (χ3v) is 2.97. The van der Waals surface area contributed by atoms with Crippen LogP contribution in [0, 0.1) is 0 Å². The molecule has 112 valence electrons. The number of rotatable bonds is 7. The lowest BCUT2D eigenvalue weighted by Crippen LogP contribution is -2.37. The fourth-order valence-electron chi connectivity index (χ4n) is 1.49. The van der Waals surface area contributed by atoms with E-state index in [4.69, 9.17) is 32.7 Å². The molecule has 2 amide bonds. The van der Waals surface area contributed by atoms with Crippen molar-refractivity contribution in [3.05, 3.63) is 28.2 Å². The topological polar surface area (TPSA) is 59.6 Å². The Morgan fingerprint density at radius 1 is 1.20 bits per heavy atom. The zero-order valence-electron chi connectivity index (χ0n) is 11.4. The number of carbonyl (C=O) groups excluding carboxylic acids is 1. The molecule has 0 spiro atoms. The van der Waals surface area contributed by atoms with Crippen molar-refractivity contribution in [2.75, 3.05) is 25.1 Å². The van der Waals surface area contributed by atoms with Crippen LogP contribution in [0.5, 0.6) is 0 Å². The van der Waals surface area contributed by atoms with Gasteiger partial charge in [-0.1, -0.05) is 29.3 Å². The second-order valence-electron chi connectivity index (χ2n) is 3.77. The predicted molar refractivity (Wildman–Crippen MR) is 80.5 cm³/mol. The molecule has 0 heterocycles. The van der Waals surface area contributed by atoms with Crippen molar-refractivity contribution in [2.24, 2.45) is 0 Å². The van der Waals surface area contributed by atoms with Gasteiger partial charge in [0.2, 0.25) is 0 Å². The summed E-state index contributed by atoms with van der Waals surface area (Å²) in [7, 11) is 0. The third kappa shape index (κ3) is 5.54. The highest BCUT2D eigenvalue weighted by molar-refractivity contribution is 6.39. The SMILES string of the molecule is CCOC(CNC(=O)Nc1c(Cl)cccc1Cl)OCC. The molecular weight excluding hydrogens is 303 g/mol. The average Bonchev–Trinajstić information content (AvgIpc) is 2.41. The summed E-state index contributed by atoms with van der Waals surface area (Å²) in [6.07, 6.45) is -0.475. The van der Waals surface area contributed by atoms with Crippen molar-refractivity contribution in [3.8, 4) is 0 Å². The Labute approximate surface area is 128 Å². The molecule has 0 fully saturated rings. The molecule has 0 aliphatic rings. The molecule has 1 aromatic rings. The molecular formula is C13H18Cl2N2O3. The minimum absolute atomic E-state index is 0.232. The van der Waals surface area contributed by atoms with Gasteiger partial charge in [0.15, 0.2) is 6.29 Å². The normalized spacial score (nSPS) is 10.7. The lowest BCUT2D eigenvalue weighted by molar-refractivity contribution is -0.131. The Morgan fingerprint density at radius 3 is 2.25 bits per heavy atom. The van der Waals surface area contributed by atoms with Crippen LogP contribution in [0.1, 0.15) is 13.8 Å². The monoisotopic (exact) mass is 320 g/mol. The summed E-state index contributed by atoms with van der Waals surface area (Å²) in [5, 5.41) is 5.98. The zero-order chi connectivity index (χ0) is 15.0. The number of urea groups is 1. The zero-order valence-corrected chi connectivity index (χ0v) is 12.9. The van der Waals surface area contributed by atoms with Crippen LogP contribution in [0.15, 0.2) is 18.2 Å². The number of para-hydroxylation sites is 1. The highest BCUT2D eigenvalue weighted by Gasteiger charge is 2.12. The second-order valence-corrected chi connectivity index (χ2v) is 4.59. The van der Waals surface area contributed by atoms with Crippen molar-refractivity contribution in [1.82, 2.24) is 5.32 Å². The number of ether oxygens (including phenoxy) is 2. The number of carbonyl (C=O) groups is 1. The first-order valence-corrected chi connectivity index (χ1v) is 7.06. The van der Waals surface area contributed by atoms with Crippen LogP contribution < -0.4 is 10.6 Å². The van der Waals surface area contributed by atoms with E-state index in [9.17, 15) is 4.79 Å². The highest BCUT2D eigenvalue weighted by Crippen LogP contribution is 2.29. The largest absolute Gasteiger partial charge is 0.351 e. The number of nitrogens with one attached hydrogen (secondary N) is 2. The summed E-state index contributed by atoms with van der Waals surface area (Å²) >= 11 is 11.9. The van der Waals surface area contributed by atoms with Gasteiger partial charge in [-0.2, -0.15) is 0 Å². The lowest BCUT2D eigenvalue weighted by atomic mass is 10.3. The standard InChI is InChI=1S/C13H18Cl2N2O3/c1-3-19-11(20-4-2)8-16-13(18)17-12-9(14)6-5-7-10(12)15/h5-7,11H,3-4,8H2,1-2H3,(H2,16,17,18). The molecule has 0 radical (unpaired) electrons. The van der Waals surface area contributed by atoms with E-state index in [0.717, 1.165) is 0 Å². The second kappa shape index (κ2) is 9.02. The summed E-state index contributed by atoms with van der Waals surface area (Å²) < 4.78 is 10.6. The fraction of sp³-hybridized carbons (Fsp3) is 0.462. The van der Waals surface area contributed by atoms with Crippen LogP contribution in [-0.2, 0) is 9.47 Å². The Bertz CT molecular complexity index is 417. The quantitative estimate of drug-likeness (QED) is 0.756. The molecule has 0 atom stereocenters. The van der Waals surface area contributed by atoms with Crippen molar-refractivity contribution in [2.45, 2.75) is 20.1 Å². The van der Waals surface area contributed by atoms with Gasteiger partial charge in [-0.3, -0.25) is 0 Å². The smallest absolute Gasteiger partial charge is 0.319 e. The maximum Gasteiger partial charge on any atom is 0.319 e. The van der Waals surface area contributed by atoms with E-state index >= 15 is 0 Å². The van der Waals surface area contributed by atoms with E-state index in [1.165, 1.54) is 0 Å². The minimum atomic E-state index is -0.475. The molecule has 5 nitrogen and oxygen atoms in total. The number of amides is 2. The van der Waals surface area contributed by atoms with Crippen molar-refractivity contribution in [3.63, 3.8) is 0 Å². The van der Waals surface area contributed by atoms with Crippen LogP contribution in [0.4, 0.5) is 10.5 Å². The molecule has 7 heteroatoms. The Balaban J connectivity index is 2.51. The van der Waals surface area contributed by atoms with E-state index in [1.807, 2.05) is 13.8 Å². The van der Waals surface area contributed by atoms with Gasteiger partial charge in [-0.05, 0) is 26.0 Å². The van der Waals surface area contributed by atoms with E-state index < -0.39 is 12.3 Å². The van der Waals surface area contributed by atoms with Crippen molar-refractivity contribution in [1.29, 1.82) is 0 Å². The van der Waals surface area contributed by atoms with Gasteiger partial charge in [0, 0.05) is 13.2 Å². The van der Waals surface area contributed by atoms with Gasteiger partial charge in [0.25, 0.3) is 0 Å². The molecule has 1 rings (SSSR count). The average molecular weight is 321 g/mol. The molecule has 0 saturated heterocycles. The van der Waals surface area contributed by atoms with E-state index in [2.05, 4.69) is 10.6 Å². The molecule has 0 bridgehead atoms. The lowest BCUT2D eigenvalue weighted by Gasteiger charge is -2.18. The number of hydrogen-bond acceptors (Lipinski definition) is 3. The van der Waals surface area contributed by atoms with Crippen molar-refractivity contribution >= 4 is 34.9 Å². The van der Waals surface area contributed by atoms with Gasteiger partial charge in [-0.25, -0.2) is 4.79 Å². The number of benzene rings is 1. The maximum absolute atomic E-state index is 11.8. The van der Waals surface area contributed by atoms with Gasteiger partial charge >= 0.3 is 6.03 Å². The van der Waals surface area contributed by atoms with Crippen LogP contribution in [0.2, 0.25) is 10.0 Å². The Morgan fingerprint density at radius 2 is 1.75 bits per heavy atom. The van der Waals surface area contributed by atoms with E-state index in [0.29, 0.717) is 28.9 Å². The molecule has 2 N–H and O–H groups in total. The van der Waals surface area contributed by atoms with Crippen LogP contribution in [0.3, 0.4) is 0 Å². The molecule has 0 aromatic heterocycles. The molecule has 0 aliphatic heterocycles. The van der Waals surface area contributed by atoms with Crippen LogP contribution in [-0.4, -0.2) is 32.1 Å². The number of anilines is 1. The molecule has 20 heavy (non-hydrogen) atoms. The first kappa shape index (κ1) is 17.0. The molecule has 0 unspecified atom stereocenters. The predicted octanol–water partition coefficient (Wildman–Crippen LogP) is 3.51. The minimum Gasteiger partial charge on any atom is -0.351 e. The van der Waals surface area contributed by atoms with E-state index in [1.54, 1.807) is 18.2 Å². The summed E-state index contributed by atoms with van der Waals surface area (Å²) in [6.45, 7) is 4.95. The first-order valence-electron chi connectivity index (χ1n) is 6.30. The molecule has 0 aliphatic carbocycles. The van der Waals surface area contributed by atoms with Crippen molar-refractivity contribution < 1.29 is 14.3 Å². The fourth-order valence-corrected chi connectivity index (χ4v) is 1.98. The maximum atomic E-state index is 11.8. The van der Waals surface area contributed by atoms with Gasteiger partial charge in [0.1, 0.15) is 0 Å². The number of hydrogen-bond donors (Lipinski definition) is 2. The summed E-state index contributed by atoms with van der Waals surface area (Å²) in [5.74, 6) is 0. The Kier molecular flexibility index (Phi) is 7.69. The summed E-state index contributed by atoms with van der Waals surface area (Å²) in [4.78, 5) is 11.8. The van der Waals surface area contributed by atoms with Gasteiger partial charge in [0.05, 0.1) is 22.3 Å². The highest BCUT2D eigenvalue weighted by atomic mass is 35.5. The summed E-state index contributed by atoms with van der Waals surface area (Å²) in [5.41, 5.74) is 0.373. The Hall–Kier alpha value is -1.01. The summed E-state index contributed by atoms with van der Waals surface area (Å²) in [6, 6.07) is 4.57. The molecule has 0 saturated carbocycles. The van der Waals surface area contributed by atoms with Crippen LogP contribution in [0.25, 0.3) is 0 Å². The van der Waals surface area contributed by atoms with Gasteiger partial charge in [-0.15, -0.1) is 0 Å². The van der Waals surface area contributed by atoms with Gasteiger partial charge < -0.3 is 20.1 Å². The van der Waals surface area contributed by atoms with E-state index in [-0.39, 0.29) is 6.54 Å². The molecule has 1 aromatic carbocycles. The third-order valence-electron chi connectivity index (χ3n) is 2.34. The van der Waals surface area contributed by atoms with Crippen LogP contribution >= 0.6 is 23.2 Å². The number of halogens is 2.